The fourth-order valence-electron chi connectivity index (χ4n) is 2.28. The lowest BCUT2D eigenvalue weighted by Gasteiger charge is -2.23. The van der Waals surface area contributed by atoms with Crippen LogP contribution in [-0.4, -0.2) is 31.6 Å². The maximum atomic E-state index is 12.1. The molecule has 1 amide bonds. The molecule has 20 heavy (non-hydrogen) atoms. The number of carbonyl (C=O) groups excluding carboxylic acids is 1. The molecule has 0 spiro atoms. The Hall–Kier alpha value is -1.55. The first-order valence-electron chi connectivity index (χ1n) is 7.54. The van der Waals surface area contributed by atoms with E-state index in [2.05, 4.69) is 17.6 Å². The van der Waals surface area contributed by atoms with Crippen molar-refractivity contribution in [1.82, 2.24) is 10.6 Å². The maximum Gasteiger partial charge on any atom is 0.251 e. The maximum absolute atomic E-state index is 12.1. The molecule has 0 aliphatic carbocycles. The Morgan fingerprint density at radius 3 is 2.85 bits per heavy atom. The summed E-state index contributed by atoms with van der Waals surface area (Å²) < 4.78 is 5.59. The standard InChI is InChI=1S/C16H24N2O2/c1-2-3-11-20-15-8-6-13(7-9-15)16(19)18-14-5-4-10-17-12-14/h6-9,14,17H,2-5,10-12H2,1H3,(H,18,19). The number of hydrogen-bond donors (Lipinski definition) is 2. The Labute approximate surface area is 120 Å². The molecule has 0 bridgehead atoms. The molecule has 2 rings (SSSR count). The molecule has 4 heteroatoms. The van der Waals surface area contributed by atoms with Gasteiger partial charge in [0.1, 0.15) is 5.75 Å². The van der Waals surface area contributed by atoms with Crippen LogP contribution in [0.4, 0.5) is 0 Å². The average molecular weight is 276 g/mol. The van der Waals surface area contributed by atoms with Gasteiger partial charge in [-0.25, -0.2) is 0 Å². The van der Waals surface area contributed by atoms with Crippen LogP contribution in [0.15, 0.2) is 24.3 Å². The summed E-state index contributed by atoms with van der Waals surface area (Å²) in [5, 5.41) is 6.36. The van der Waals surface area contributed by atoms with Crippen molar-refractivity contribution in [3.05, 3.63) is 29.8 Å². The Bertz CT molecular complexity index is 411. The molecule has 1 heterocycles. The molecule has 1 aliphatic rings. The SMILES string of the molecule is CCCCOc1ccc(C(=O)NC2CCCNC2)cc1. The highest BCUT2D eigenvalue weighted by atomic mass is 16.5. The lowest BCUT2D eigenvalue weighted by molar-refractivity contribution is 0.0930. The molecule has 1 fully saturated rings. The first-order valence-corrected chi connectivity index (χ1v) is 7.54. The van der Waals surface area contributed by atoms with E-state index in [1.54, 1.807) is 0 Å². The van der Waals surface area contributed by atoms with Gasteiger partial charge in [0.25, 0.3) is 5.91 Å². The van der Waals surface area contributed by atoms with E-state index in [-0.39, 0.29) is 11.9 Å². The summed E-state index contributed by atoms with van der Waals surface area (Å²) in [6.45, 7) is 4.78. The van der Waals surface area contributed by atoms with Crippen LogP contribution < -0.4 is 15.4 Å². The third-order valence-corrected chi connectivity index (χ3v) is 3.52. The van der Waals surface area contributed by atoms with Crippen molar-refractivity contribution in [2.75, 3.05) is 19.7 Å². The predicted octanol–water partition coefficient (Wildman–Crippen LogP) is 2.35. The van der Waals surface area contributed by atoms with Crippen LogP contribution in [-0.2, 0) is 0 Å². The van der Waals surface area contributed by atoms with E-state index in [1.165, 1.54) is 0 Å². The fraction of sp³-hybridized carbons (Fsp3) is 0.562. The molecule has 1 saturated heterocycles. The van der Waals surface area contributed by atoms with Gasteiger partial charge in [0.2, 0.25) is 0 Å². The number of unbranched alkanes of at least 4 members (excludes halogenated alkanes) is 1. The van der Waals surface area contributed by atoms with E-state index in [0.29, 0.717) is 5.56 Å². The van der Waals surface area contributed by atoms with Crippen LogP contribution in [0.3, 0.4) is 0 Å². The molecule has 110 valence electrons. The topological polar surface area (TPSA) is 50.4 Å². The monoisotopic (exact) mass is 276 g/mol. The summed E-state index contributed by atoms with van der Waals surface area (Å²) in [6, 6.07) is 7.63. The zero-order chi connectivity index (χ0) is 14.2. The molecule has 1 atom stereocenters. The van der Waals surface area contributed by atoms with E-state index < -0.39 is 0 Å². The van der Waals surface area contributed by atoms with E-state index in [9.17, 15) is 4.79 Å². The van der Waals surface area contributed by atoms with Gasteiger partial charge in [-0.15, -0.1) is 0 Å². The summed E-state index contributed by atoms with van der Waals surface area (Å²) in [6.07, 6.45) is 4.35. The first-order chi connectivity index (χ1) is 9.79. The van der Waals surface area contributed by atoms with Gasteiger partial charge in [0.05, 0.1) is 6.61 Å². The zero-order valence-electron chi connectivity index (χ0n) is 12.2. The highest BCUT2D eigenvalue weighted by molar-refractivity contribution is 5.94. The molecule has 0 saturated carbocycles. The normalized spacial score (nSPS) is 18.6. The van der Waals surface area contributed by atoms with E-state index in [4.69, 9.17) is 4.74 Å². The number of ether oxygens (including phenoxy) is 1. The first kappa shape index (κ1) is 14.9. The molecular formula is C16H24N2O2. The minimum atomic E-state index is -0.00110. The van der Waals surface area contributed by atoms with Crippen LogP contribution in [0.1, 0.15) is 43.0 Å². The van der Waals surface area contributed by atoms with E-state index in [1.807, 2.05) is 24.3 Å². The number of amides is 1. The molecule has 1 aromatic carbocycles. The Kier molecular flexibility index (Phi) is 5.87. The smallest absolute Gasteiger partial charge is 0.251 e. The van der Waals surface area contributed by atoms with Crippen LogP contribution in [0.5, 0.6) is 5.75 Å². The van der Waals surface area contributed by atoms with Crippen LogP contribution in [0.2, 0.25) is 0 Å². The molecule has 0 aromatic heterocycles. The molecule has 4 nitrogen and oxygen atoms in total. The molecule has 1 unspecified atom stereocenters. The highest BCUT2D eigenvalue weighted by Gasteiger charge is 2.16. The van der Waals surface area contributed by atoms with Gasteiger partial charge < -0.3 is 15.4 Å². The van der Waals surface area contributed by atoms with Gasteiger partial charge in [0.15, 0.2) is 0 Å². The van der Waals surface area contributed by atoms with Crippen LogP contribution >= 0.6 is 0 Å². The number of carbonyl (C=O) groups is 1. The Morgan fingerprint density at radius 1 is 1.40 bits per heavy atom. The van der Waals surface area contributed by atoms with Gasteiger partial charge >= 0.3 is 0 Å². The average Bonchev–Trinajstić information content (AvgIpc) is 2.49. The molecule has 2 N–H and O–H groups in total. The number of nitrogens with one attached hydrogen (secondary N) is 2. The summed E-state index contributed by atoms with van der Waals surface area (Å²) in [4.78, 5) is 12.1. The number of piperidine rings is 1. The second-order valence-corrected chi connectivity index (χ2v) is 5.24. The quantitative estimate of drug-likeness (QED) is 0.784. The molecular weight excluding hydrogens is 252 g/mol. The zero-order valence-corrected chi connectivity index (χ0v) is 12.2. The lowest BCUT2D eigenvalue weighted by atomic mass is 10.1. The summed E-state index contributed by atoms with van der Waals surface area (Å²) >= 11 is 0. The van der Waals surface area contributed by atoms with Crippen molar-refractivity contribution < 1.29 is 9.53 Å². The van der Waals surface area contributed by atoms with Crippen LogP contribution in [0, 0.1) is 0 Å². The highest BCUT2D eigenvalue weighted by Crippen LogP contribution is 2.13. The minimum Gasteiger partial charge on any atom is -0.494 e. The van der Waals surface area contributed by atoms with Gasteiger partial charge in [-0.3, -0.25) is 4.79 Å². The number of benzene rings is 1. The van der Waals surface area contributed by atoms with Crippen molar-refractivity contribution in [1.29, 1.82) is 0 Å². The van der Waals surface area contributed by atoms with Crippen molar-refractivity contribution in [3.8, 4) is 5.75 Å². The second-order valence-electron chi connectivity index (χ2n) is 5.24. The predicted molar refractivity (Wildman–Crippen MR) is 80.2 cm³/mol. The van der Waals surface area contributed by atoms with Crippen molar-refractivity contribution >= 4 is 5.91 Å². The summed E-state index contributed by atoms with van der Waals surface area (Å²) in [7, 11) is 0. The van der Waals surface area contributed by atoms with Crippen molar-refractivity contribution in [3.63, 3.8) is 0 Å². The minimum absolute atomic E-state index is 0.00110. The fourth-order valence-corrected chi connectivity index (χ4v) is 2.28. The van der Waals surface area contributed by atoms with Crippen molar-refractivity contribution in [2.45, 2.75) is 38.6 Å². The molecule has 0 radical (unpaired) electrons. The van der Waals surface area contributed by atoms with E-state index >= 15 is 0 Å². The molecule has 1 aliphatic heterocycles. The largest absolute Gasteiger partial charge is 0.494 e. The van der Waals surface area contributed by atoms with Gasteiger partial charge in [0, 0.05) is 18.2 Å². The van der Waals surface area contributed by atoms with Gasteiger partial charge in [-0.05, 0) is 50.1 Å². The summed E-state index contributed by atoms with van der Waals surface area (Å²) in [5.41, 5.74) is 0.693. The van der Waals surface area contributed by atoms with E-state index in [0.717, 1.165) is 51.1 Å². The van der Waals surface area contributed by atoms with Crippen LogP contribution in [0.25, 0.3) is 0 Å². The summed E-state index contributed by atoms with van der Waals surface area (Å²) in [5.74, 6) is 0.827. The Balaban J connectivity index is 1.83. The lowest BCUT2D eigenvalue weighted by Crippen LogP contribution is -2.45. The Morgan fingerprint density at radius 2 is 2.20 bits per heavy atom. The third kappa shape index (κ3) is 4.53. The van der Waals surface area contributed by atoms with Gasteiger partial charge in [-0.2, -0.15) is 0 Å². The second kappa shape index (κ2) is 7.90. The third-order valence-electron chi connectivity index (χ3n) is 3.52. The number of rotatable bonds is 6. The number of hydrogen-bond acceptors (Lipinski definition) is 3. The molecule has 1 aromatic rings. The van der Waals surface area contributed by atoms with Crippen molar-refractivity contribution in [2.24, 2.45) is 0 Å². The van der Waals surface area contributed by atoms with Gasteiger partial charge in [-0.1, -0.05) is 13.3 Å².